The van der Waals surface area contributed by atoms with Crippen LogP contribution in [0.5, 0.6) is 11.5 Å². The van der Waals surface area contributed by atoms with Crippen LogP contribution < -0.4 is 14.8 Å². The Bertz CT molecular complexity index is 1220. The fourth-order valence-electron chi connectivity index (χ4n) is 6.14. The minimum absolute atomic E-state index is 0.00962. The zero-order valence-corrected chi connectivity index (χ0v) is 21.0. The van der Waals surface area contributed by atoms with Gasteiger partial charge in [-0.05, 0) is 85.7 Å². The van der Waals surface area contributed by atoms with Crippen LogP contribution in [0.3, 0.4) is 0 Å². The van der Waals surface area contributed by atoms with Crippen molar-refractivity contribution in [3.05, 3.63) is 83.2 Å². The molecule has 0 radical (unpaired) electrons. The molecule has 3 aliphatic heterocycles. The monoisotopic (exact) mass is 485 g/mol. The SMILES string of the molecule is C[C@@H]1[C@@H](COc2ccc3c(c2)C(=O)NC3)[C@H](c2ccc3c(c2)OCCC3)CCN1CCn1cccc1. The van der Waals surface area contributed by atoms with Crippen molar-refractivity contribution in [3.8, 4) is 11.5 Å². The molecule has 188 valence electrons. The summed E-state index contributed by atoms with van der Waals surface area (Å²) in [6, 6.07) is 17.3. The Kier molecular flexibility index (Phi) is 6.45. The van der Waals surface area contributed by atoms with E-state index in [9.17, 15) is 4.79 Å². The molecule has 6 heteroatoms. The third kappa shape index (κ3) is 4.62. The highest BCUT2D eigenvalue weighted by atomic mass is 16.5. The molecule has 2 aromatic carbocycles. The highest BCUT2D eigenvalue weighted by Gasteiger charge is 2.37. The highest BCUT2D eigenvalue weighted by molar-refractivity contribution is 5.98. The van der Waals surface area contributed by atoms with Gasteiger partial charge in [0.25, 0.3) is 5.91 Å². The molecule has 0 spiro atoms. The number of benzene rings is 2. The van der Waals surface area contributed by atoms with Crippen molar-refractivity contribution in [1.82, 2.24) is 14.8 Å². The van der Waals surface area contributed by atoms with Gasteiger partial charge in [0.2, 0.25) is 0 Å². The van der Waals surface area contributed by atoms with Crippen LogP contribution in [-0.2, 0) is 19.5 Å². The number of nitrogens with zero attached hydrogens (tertiary/aromatic N) is 2. The summed E-state index contributed by atoms with van der Waals surface area (Å²) in [4.78, 5) is 14.8. The van der Waals surface area contributed by atoms with E-state index in [1.165, 1.54) is 11.1 Å². The largest absolute Gasteiger partial charge is 0.493 e. The number of rotatable bonds is 7. The minimum atomic E-state index is -0.00962. The molecule has 0 saturated carbocycles. The summed E-state index contributed by atoms with van der Waals surface area (Å²) in [6.07, 6.45) is 7.56. The van der Waals surface area contributed by atoms with Crippen LogP contribution in [0.4, 0.5) is 0 Å². The summed E-state index contributed by atoms with van der Waals surface area (Å²) >= 11 is 0. The molecular weight excluding hydrogens is 450 g/mol. The molecule has 6 rings (SSSR count). The van der Waals surface area contributed by atoms with Crippen LogP contribution in [-0.4, -0.2) is 47.7 Å². The third-order valence-electron chi connectivity index (χ3n) is 8.33. The van der Waals surface area contributed by atoms with Crippen molar-refractivity contribution in [1.29, 1.82) is 0 Å². The first-order valence-electron chi connectivity index (χ1n) is 13.3. The molecule has 0 unspecified atom stereocenters. The zero-order chi connectivity index (χ0) is 24.5. The van der Waals surface area contributed by atoms with Gasteiger partial charge in [-0.15, -0.1) is 0 Å². The van der Waals surface area contributed by atoms with Crippen LogP contribution in [0.1, 0.15) is 52.7 Å². The van der Waals surface area contributed by atoms with E-state index in [1.54, 1.807) is 0 Å². The van der Waals surface area contributed by atoms with E-state index in [2.05, 4.69) is 64.4 Å². The molecule has 3 atom stereocenters. The highest BCUT2D eigenvalue weighted by Crippen LogP contribution is 2.40. The summed E-state index contributed by atoms with van der Waals surface area (Å²) in [5, 5.41) is 2.89. The molecule has 1 amide bonds. The molecule has 0 bridgehead atoms. The van der Waals surface area contributed by atoms with Crippen molar-refractivity contribution in [2.24, 2.45) is 5.92 Å². The van der Waals surface area contributed by atoms with Gasteiger partial charge >= 0.3 is 0 Å². The van der Waals surface area contributed by atoms with Gasteiger partial charge in [0.15, 0.2) is 0 Å². The number of carbonyl (C=O) groups excluding carboxylic acids is 1. The first-order valence-corrected chi connectivity index (χ1v) is 13.3. The number of nitrogens with one attached hydrogen (secondary N) is 1. The Labute approximate surface area is 213 Å². The van der Waals surface area contributed by atoms with Crippen molar-refractivity contribution in [2.45, 2.75) is 51.2 Å². The maximum atomic E-state index is 12.2. The molecule has 6 nitrogen and oxygen atoms in total. The average molecular weight is 486 g/mol. The van der Waals surface area contributed by atoms with E-state index in [0.29, 0.717) is 31.0 Å². The van der Waals surface area contributed by atoms with E-state index in [0.717, 1.165) is 68.1 Å². The number of likely N-dealkylation sites (tertiary alicyclic amines) is 1. The van der Waals surface area contributed by atoms with Crippen LogP contribution in [0.15, 0.2) is 60.9 Å². The van der Waals surface area contributed by atoms with Gasteiger partial charge in [0.1, 0.15) is 11.5 Å². The van der Waals surface area contributed by atoms with Crippen molar-refractivity contribution in [2.75, 3.05) is 26.3 Å². The predicted octanol–water partition coefficient (Wildman–Crippen LogP) is 4.63. The summed E-state index contributed by atoms with van der Waals surface area (Å²) in [7, 11) is 0. The molecule has 36 heavy (non-hydrogen) atoms. The standard InChI is InChI=1S/C30H35N3O3/c1-21-28(20-36-25-9-8-24-19-31-30(34)27(24)18-25)26(10-13-33(21)15-14-32-11-2-3-12-32)23-7-6-22-5-4-16-35-29(22)17-23/h2-3,6-9,11-12,17-18,21,26,28H,4-5,10,13-16,19-20H2,1H3,(H,31,34)/t21-,26+,28-/m1/s1. The zero-order valence-electron chi connectivity index (χ0n) is 21.0. The maximum absolute atomic E-state index is 12.2. The Balaban J connectivity index is 1.22. The molecule has 1 aromatic heterocycles. The number of carbonyl (C=O) groups is 1. The Morgan fingerprint density at radius 1 is 1.08 bits per heavy atom. The Hall–Kier alpha value is -3.25. The molecule has 3 aromatic rings. The molecule has 0 aliphatic carbocycles. The van der Waals surface area contributed by atoms with Crippen molar-refractivity contribution in [3.63, 3.8) is 0 Å². The first kappa shape index (κ1) is 23.2. The second kappa shape index (κ2) is 10.0. The number of aryl methyl sites for hydroxylation is 1. The van der Waals surface area contributed by atoms with Crippen LogP contribution in [0, 0.1) is 5.92 Å². The maximum Gasteiger partial charge on any atom is 0.252 e. The predicted molar refractivity (Wildman–Crippen MR) is 140 cm³/mol. The van der Waals surface area contributed by atoms with Crippen LogP contribution in [0.25, 0.3) is 0 Å². The lowest BCUT2D eigenvalue weighted by Crippen LogP contribution is -2.49. The number of hydrogen-bond acceptors (Lipinski definition) is 4. The van der Waals surface area contributed by atoms with Crippen LogP contribution >= 0.6 is 0 Å². The van der Waals surface area contributed by atoms with Crippen molar-refractivity contribution < 1.29 is 14.3 Å². The van der Waals surface area contributed by atoms with E-state index in [1.807, 2.05) is 18.2 Å². The minimum Gasteiger partial charge on any atom is -0.493 e. The topological polar surface area (TPSA) is 55.7 Å². The fraction of sp³-hybridized carbons (Fsp3) is 0.433. The number of amides is 1. The smallest absolute Gasteiger partial charge is 0.252 e. The molecule has 1 fully saturated rings. The average Bonchev–Trinajstić information content (AvgIpc) is 3.56. The van der Waals surface area contributed by atoms with Crippen LogP contribution in [0.2, 0.25) is 0 Å². The fourth-order valence-corrected chi connectivity index (χ4v) is 6.14. The summed E-state index contributed by atoms with van der Waals surface area (Å²) < 4.78 is 14.7. The van der Waals surface area contributed by atoms with Gasteiger partial charge in [0.05, 0.1) is 13.2 Å². The van der Waals surface area contributed by atoms with Gasteiger partial charge in [-0.2, -0.15) is 0 Å². The lowest BCUT2D eigenvalue weighted by molar-refractivity contribution is 0.0538. The number of piperidine rings is 1. The quantitative estimate of drug-likeness (QED) is 0.530. The Morgan fingerprint density at radius 2 is 1.94 bits per heavy atom. The van der Waals surface area contributed by atoms with Gasteiger partial charge in [0, 0.05) is 49.6 Å². The summed E-state index contributed by atoms with van der Waals surface area (Å²) in [5.74, 6) is 2.55. The summed E-state index contributed by atoms with van der Waals surface area (Å²) in [6.45, 7) is 7.45. The normalized spacial score (nSPS) is 23.5. The third-order valence-corrected chi connectivity index (χ3v) is 8.33. The van der Waals surface area contributed by atoms with E-state index >= 15 is 0 Å². The van der Waals surface area contributed by atoms with E-state index in [4.69, 9.17) is 9.47 Å². The number of aromatic nitrogens is 1. The molecule has 3 aliphatic rings. The number of ether oxygens (including phenoxy) is 2. The molecule has 4 heterocycles. The van der Waals surface area contributed by atoms with Gasteiger partial charge in [-0.25, -0.2) is 0 Å². The first-order chi connectivity index (χ1) is 17.7. The lowest BCUT2D eigenvalue weighted by Gasteiger charge is -2.44. The van der Waals surface area contributed by atoms with Gasteiger partial charge in [-0.3, -0.25) is 9.69 Å². The molecular formula is C30H35N3O3. The molecule has 1 saturated heterocycles. The van der Waals surface area contributed by atoms with Crippen molar-refractivity contribution >= 4 is 5.91 Å². The summed E-state index contributed by atoms with van der Waals surface area (Å²) in [5.41, 5.74) is 4.46. The lowest BCUT2D eigenvalue weighted by atomic mass is 9.76. The number of fused-ring (bicyclic) bond motifs is 2. The van der Waals surface area contributed by atoms with E-state index < -0.39 is 0 Å². The Morgan fingerprint density at radius 3 is 2.83 bits per heavy atom. The molecule has 1 N–H and O–H groups in total. The number of hydrogen-bond donors (Lipinski definition) is 1. The van der Waals surface area contributed by atoms with Gasteiger partial charge < -0.3 is 19.4 Å². The van der Waals surface area contributed by atoms with E-state index in [-0.39, 0.29) is 5.91 Å². The second-order valence-electron chi connectivity index (χ2n) is 10.4. The second-order valence-corrected chi connectivity index (χ2v) is 10.4. The van der Waals surface area contributed by atoms with Gasteiger partial charge in [-0.1, -0.05) is 18.2 Å².